The minimum atomic E-state index is -0.921. The molecule has 0 bridgehead atoms. The van der Waals surface area contributed by atoms with E-state index in [0.717, 1.165) is 0 Å². The summed E-state index contributed by atoms with van der Waals surface area (Å²) in [4.78, 5) is 0. The fourth-order valence-electron chi connectivity index (χ4n) is 0. The van der Waals surface area contributed by atoms with Gasteiger partial charge in [0.1, 0.15) is 0 Å². The summed E-state index contributed by atoms with van der Waals surface area (Å²) in [6.07, 6.45) is -0.921. The zero-order valence-corrected chi connectivity index (χ0v) is 5.10. The van der Waals surface area contributed by atoms with Crippen LogP contribution in [0.15, 0.2) is 0 Å². The molecule has 0 aliphatic heterocycles. The minimum absolute atomic E-state index is 0. The van der Waals surface area contributed by atoms with Crippen molar-refractivity contribution in [3.8, 4) is 0 Å². The Bertz CT molecular complexity index is 24.9. The molecule has 0 saturated heterocycles. The zero-order chi connectivity index (χ0) is 4.28. The molecule has 0 radical (unpaired) electrons. The Morgan fingerprint density at radius 2 is 1.57 bits per heavy atom. The quantitative estimate of drug-likeness (QED) is 0.299. The molecule has 2 nitrogen and oxygen atoms in total. The molecule has 0 aromatic rings. The average Bonchev–Trinajstić information content (AvgIpc) is 1.38. The molecule has 0 aliphatic carbocycles. The van der Waals surface area contributed by atoms with Crippen molar-refractivity contribution in [1.82, 2.24) is 0 Å². The first-order valence-electron chi connectivity index (χ1n) is 1.51. The topological polar surface area (TPSA) is 46.1 Å². The van der Waals surface area contributed by atoms with E-state index in [1.165, 1.54) is 6.92 Å². The minimum Gasteiger partial charge on any atom is -0.855 e. The van der Waals surface area contributed by atoms with Gasteiger partial charge in [-0.1, -0.05) is 6.92 Å². The molecule has 0 aromatic carbocycles. The molecule has 0 rings (SSSR count). The molecule has 0 amide bonds. The predicted octanol–water partition coefficient (Wildman–Crippen LogP) is -7.90. The Hall–Kier alpha value is 1.11. The van der Waals surface area contributed by atoms with Gasteiger partial charge >= 0.3 is 37.7 Å². The van der Waals surface area contributed by atoms with Crippen LogP contribution < -0.4 is 47.9 Å². The summed E-state index contributed by atoms with van der Waals surface area (Å²) in [5, 5.41) is 18.9. The van der Waals surface area contributed by atoms with Crippen LogP contribution in [0, 0.1) is 0 Å². The molecule has 1 unspecified atom stereocenters. The van der Waals surface area contributed by atoms with Gasteiger partial charge in [0.25, 0.3) is 0 Å². The summed E-state index contributed by atoms with van der Waals surface area (Å²) < 4.78 is 0. The first kappa shape index (κ1) is 15.7. The van der Waals surface area contributed by atoms with Crippen molar-refractivity contribution >= 4 is 0 Å². The maximum atomic E-state index is 9.58. The van der Waals surface area contributed by atoms with Crippen LogP contribution in [0.2, 0.25) is 0 Å². The van der Waals surface area contributed by atoms with Gasteiger partial charge in [0.15, 0.2) is 0 Å². The molecule has 0 spiro atoms. The first-order valence-corrected chi connectivity index (χ1v) is 1.51. The fraction of sp³-hybridized carbons (Fsp3) is 1.00. The summed E-state index contributed by atoms with van der Waals surface area (Å²) >= 11 is 0. The summed E-state index contributed by atoms with van der Waals surface area (Å²) in [7, 11) is 0. The van der Waals surface area contributed by atoms with Crippen molar-refractivity contribution < 1.29 is 47.9 Å². The Labute approximate surface area is 67.7 Å². The third-order valence-corrected chi connectivity index (χ3v) is 0.235. The second-order valence-electron chi connectivity index (χ2n) is 0.977. The maximum absolute atomic E-state index is 9.58. The molecule has 0 heterocycles. The van der Waals surface area contributed by atoms with Gasteiger partial charge < -0.3 is 10.2 Å². The molecule has 0 aliphatic rings. The van der Waals surface area contributed by atoms with Crippen molar-refractivity contribution in [2.75, 3.05) is 6.61 Å². The first-order chi connectivity index (χ1) is 2.27. The van der Waals surface area contributed by atoms with Gasteiger partial charge in [0.05, 0.1) is 0 Å². The Kier molecular flexibility index (Phi) is 22.8. The van der Waals surface area contributed by atoms with E-state index >= 15 is 0 Å². The molecule has 0 N–H and O–H groups in total. The second kappa shape index (κ2) is 10.2. The van der Waals surface area contributed by atoms with Crippen LogP contribution in [0.1, 0.15) is 6.92 Å². The van der Waals surface area contributed by atoms with Gasteiger partial charge in [-0.25, -0.2) is 0 Å². The Balaban J connectivity index is -0.0000000800. The normalized spacial score (nSPS) is 10.7. The summed E-state index contributed by atoms with van der Waals surface area (Å²) in [5.74, 6) is 0. The van der Waals surface area contributed by atoms with Gasteiger partial charge in [0.2, 0.25) is 0 Å². The van der Waals surface area contributed by atoms with E-state index in [-0.39, 0.29) is 37.7 Å². The van der Waals surface area contributed by atoms with Gasteiger partial charge in [-0.15, -0.1) is 6.10 Å². The van der Waals surface area contributed by atoms with Crippen molar-refractivity contribution in [3.63, 3.8) is 0 Å². The van der Waals surface area contributed by atoms with Crippen molar-refractivity contribution in [1.29, 1.82) is 0 Å². The summed E-state index contributed by atoms with van der Waals surface area (Å²) in [6.45, 7) is 0.854. The Morgan fingerprint density at radius 3 is 1.57 bits per heavy atom. The maximum Gasteiger partial charge on any atom is 1.00 e. The largest absolute Gasteiger partial charge is 1.00 e. The van der Waals surface area contributed by atoms with Crippen LogP contribution in [0.3, 0.4) is 0 Å². The third-order valence-electron chi connectivity index (χ3n) is 0.235. The number of hydrogen-bond acceptors (Lipinski definition) is 2. The summed E-state index contributed by atoms with van der Waals surface area (Å²) in [6, 6.07) is 0. The SMILES string of the molecule is CC([O-])C[O-].[Li+].[Li+]. The van der Waals surface area contributed by atoms with E-state index in [1.54, 1.807) is 0 Å². The fourth-order valence-corrected chi connectivity index (χ4v) is 0. The van der Waals surface area contributed by atoms with Crippen molar-refractivity contribution in [2.24, 2.45) is 0 Å². The van der Waals surface area contributed by atoms with Crippen LogP contribution in [0.25, 0.3) is 0 Å². The number of hydrogen-bond donors (Lipinski definition) is 0. The number of rotatable bonds is 1. The van der Waals surface area contributed by atoms with Crippen LogP contribution in [-0.2, 0) is 0 Å². The van der Waals surface area contributed by atoms with E-state index in [0.29, 0.717) is 0 Å². The van der Waals surface area contributed by atoms with Gasteiger partial charge in [-0.3, -0.25) is 0 Å². The van der Waals surface area contributed by atoms with E-state index in [1.807, 2.05) is 0 Å². The van der Waals surface area contributed by atoms with Crippen LogP contribution in [-0.4, -0.2) is 12.7 Å². The van der Waals surface area contributed by atoms with Gasteiger partial charge in [-0.2, -0.15) is 6.61 Å². The van der Waals surface area contributed by atoms with E-state index in [2.05, 4.69) is 0 Å². The van der Waals surface area contributed by atoms with Crippen LogP contribution in [0.4, 0.5) is 0 Å². The zero-order valence-electron chi connectivity index (χ0n) is 5.10. The predicted molar refractivity (Wildman–Crippen MR) is 14.3 cm³/mol. The molecular formula is C3H6Li2O2. The summed E-state index contributed by atoms with van der Waals surface area (Å²) in [5.41, 5.74) is 0. The monoisotopic (exact) mass is 88.1 g/mol. The van der Waals surface area contributed by atoms with Crippen LogP contribution >= 0.6 is 0 Å². The molecule has 0 aromatic heterocycles. The van der Waals surface area contributed by atoms with E-state index < -0.39 is 12.7 Å². The molecule has 1 atom stereocenters. The van der Waals surface area contributed by atoms with E-state index in [9.17, 15) is 10.2 Å². The molecule has 0 fully saturated rings. The van der Waals surface area contributed by atoms with Crippen LogP contribution in [0.5, 0.6) is 0 Å². The molecule has 7 heavy (non-hydrogen) atoms. The second-order valence-corrected chi connectivity index (χ2v) is 0.977. The van der Waals surface area contributed by atoms with Gasteiger partial charge in [0, 0.05) is 0 Å². The smallest absolute Gasteiger partial charge is 0.855 e. The van der Waals surface area contributed by atoms with Crippen molar-refractivity contribution in [3.05, 3.63) is 0 Å². The molecule has 32 valence electrons. The third kappa shape index (κ3) is 19.2. The average molecular weight is 88.0 g/mol. The standard InChI is InChI=1S/C3H6O2.2Li/c1-3(5)2-4;;/h3H,2H2,1H3;;/q-2;2*+1. The van der Waals surface area contributed by atoms with E-state index in [4.69, 9.17) is 0 Å². The van der Waals surface area contributed by atoms with Gasteiger partial charge in [-0.05, 0) is 0 Å². The molecular weight excluding hydrogens is 81.9 g/mol. The molecule has 0 saturated carbocycles. The molecule has 4 heteroatoms. The Morgan fingerprint density at radius 1 is 1.43 bits per heavy atom. The van der Waals surface area contributed by atoms with Crippen molar-refractivity contribution in [2.45, 2.75) is 13.0 Å².